The van der Waals surface area contributed by atoms with Gasteiger partial charge in [-0.15, -0.1) is 0 Å². The molecule has 10 nitrogen and oxygen atoms in total. The number of aryl methyl sites for hydroxylation is 1. The molecule has 1 aromatic rings. The SMILES string of the molecule is C=CCOC(=O)Nc1nc(C)c(C2=C(OC(=O)OCC=C)N3C(=O)[C@H](CO)[C@H]3S2)s1. The van der Waals surface area contributed by atoms with Crippen molar-refractivity contribution in [3.8, 4) is 0 Å². The Hall–Kier alpha value is -2.83. The number of thioether (sulfide) groups is 1. The number of aromatic nitrogens is 1. The molecule has 2 aliphatic heterocycles. The molecule has 0 bridgehead atoms. The second-order valence-electron chi connectivity index (χ2n) is 6.04. The van der Waals surface area contributed by atoms with Crippen LogP contribution in [-0.2, 0) is 19.0 Å². The van der Waals surface area contributed by atoms with E-state index in [9.17, 15) is 19.5 Å². The van der Waals surface area contributed by atoms with E-state index in [1.54, 1.807) is 6.92 Å². The molecule has 2 atom stereocenters. The lowest BCUT2D eigenvalue weighted by Gasteiger charge is -2.40. The molecule has 160 valence electrons. The second-order valence-corrected chi connectivity index (χ2v) is 8.16. The molecule has 1 saturated heterocycles. The van der Waals surface area contributed by atoms with Crippen molar-refractivity contribution >= 4 is 51.3 Å². The normalized spacial score (nSPS) is 19.7. The Kier molecular flexibility index (Phi) is 6.80. The fourth-order valence-electron chi connectivity index (χ4n) is 2.72. The number of rotatable bonds is 8. The third kappa shape index (κ3) is 4.20. The van der Waals surface area contributed by atoms with Crippen LogP contribution in [0, 0.1) is 12.8 Å². The molecule has 1 fully saturated rings. The molecule has 2 amide bonds. The van der Waals surface area contributed by atoms with Gasteiger partial charge in [0.2, 0.25) is 11.8 Å². The lowest BCUT2D eigenvalue weighted by molar-refractivity contribution is -0.151. The number of ether oxygens (including phenoxy) is 3. The summed E-state index contributed by atoms with van der Waals surface area (Å²) in [5.41, 5.74) is 0.553. The Morgan fingerprint density at radius 2 is 2.00 bits per heavy atom. The van der Waals surface area contributed by atoms with E-state index in [1.807, 2.05) is 0 Å². The largest absolute Gasteiger partial charge is 0.515 e. The molecule has 3 rings (SSSR count). The molecule has 0 radical (unpaired) electrons. The minimum atomic E-state index is -0.989. The van der Waals surface area contributed by atoms with Crippen LogP contribution in [0.25, 0.3) is 4.91 Å². The number of hydrogen-bond acceptors (Lipinski definition) is 10. The fourth-order valence-corrected chi connectivity index (χ4v) is 5.29. The number of anilines is 1. The van der Waals surface area contributed by atoms with Crippen molar-refractivity contribution in [2.24, 2.45) is 5.92 Å². The van der Waals surface area contributed by atoms with Crippen molar-refractivity contribution in [3.05, 3.63) is 41.8 Å². The van der Waals surface area contributed by atoms with E-state index in [0.29, 0.717) is 15.5 Å². The van der Waals surface area contributed by atoms with Gasteiger partial charge in [-0.25, -0.2) is 14.6 Å². The van der Waals surface area contributed by atoms with Crippen LogP contribution in [0.3, 0.4) is 0 Å². The first-order valence-corrected chi connectivity index (χ1v) is 10.4. The van der Waals surface area contributed by atoms with Crippen LogP contribution in [0.5, 0.6) is 0 Å². The van der Waals surface area contributed by atoms with Gasteiger partial charge in [-0.3, -0.25) is 15.0 Å². The van der Waals surface area contributed by atoms with Crippen molar-refractivity contribution in [2.45, 2.75) is 12.3 Å². The number of aliphatic hydroxyl groups excluding tert-OH is 1. The number of β-lactam (4-membered cyclic amide) rings is 1. The second kappa shape index (κ2) is 9.32. The van der Waals surface area contributed by atoms with Crippen molar-refractivity contribution in [3.63, 3.8) is 0 Å². The summed E-state index contributed by atoms with van der Waals surface area (Å²) in [7, 11) is 0. The number of fused-ring (bicyclic) bond motifs is 1. The highest BCUT2D eigenvalue weighted by molar-refractivity contribution is 8.09. The van der Waals surface area contributed by atoms with Gasteiger partial charge in [0.05, 0.1) is 28.0 Å². The number of carbonyl (C=O) groups is 3. The maximum absolute atomic E-state index is 12.4. The molecule has 0 aromatic carbocycles. The maximum atomic E-state index is 12.4. The molecular formula is C18H19N3O7S2. The molecule has 30 heavy (non-hydrogen) atoms. The molecule has 2 N–H and O–H groups in total. The number of nitrogens with one attached hydrogen (secondary N) is 1. The van der Waals surface area contributed by atoms with E-state index in [1.165, 1.54) is 28.8 Å². The Bertz CT molecular complexity index is 927. The molecule has 1 aromatic heterocycles. The van der Waals surface area contributed by atoms with Gasteiger partial charge in [0, 0.05) is 0 Å². The molecule has 0 spiro atoms. The summed E-state index contributed by atoms with van der Waals surface area (Å²) in [6.07, 6.45) is 1.15. The van der Waals surface area contributed by atoms with E-state index in [2.05, 4.69) is 23.5 Å². The van der Waals surface area contributed by atoms with E-state index in [-0.39, 0.29) is 36.7 Å². The number of carbonyl (C=O) groups excluding carboxylic acids is 3. The number of amides is 2. The third-order valence-electron chi connectivity index (χ3n) is 4.04. The van der Waals surface area contributed by atoms with Crippen LogP contribution in [0.1, 0.15) is 10.6 Å². The Morgan fingerprint density at radius 3 is 2.67 bits per heavy atom. The van der Waals surface area contributed by atoms with Gasteiger partial charge >= 0.3 is 12.2 Å². The zero-order valence-electron chi connectivity index (χ0n) is 16.0. The molecule has 0 unspecified atom stereocenters. The molecule has 0 aliphatic carbocycles. The standard InChI is InChI=1S/C18H19N3O7S2/c1-4-6-26-17(24)20-16-19-9(3)11(30-16)12-14(28-18(25)27-7-5-2)21-13(23)10(8-22)15(21)29-12/h4-5,10,15,22H,1-2,6-8H2,3H3,(H,19,20,24)/t10-,15+/m0/s1. The quantitative estimate of drug-likeness (QED) is 0.347. The number of thiazole rings is 1. The first-order valence-electron chi connectivity index (χ1n) is 8.74. The first-order chi connectivity index (χ1) is 14.4. The van der Waals surface area contributed by atoms with Gasteiger partial charge in [0.15, 0.2) is 5.13 Å². The highest BCUT2D eigenvalue weighted by atomic mass is 32.2. The van der Waals surface area contributed by atoms with Crippen molar-refractivity contribution in [1.82, 2.24) is 9.88 Å². The minimum Gasteiger partial charge on any atom is -0.445 e. The lowest BCUT2D eigenvalue weighted by Crippen LogP contribution is -2.58. The molecular weight excluding hydrogens is 434 g/mol. The van der Waals surface area contributed by atoms with Crippen LogP contribution in [0.15, 0.2) is 31.2 Å². The highest BCUT2D eigenvalue weighted by Crippen LogP contribution is 2.54. The topological polar surface area (TPSA) is 127 Å². The summed E-state index contributed by atoms with van der Waals surface area (Å²) in [5, 5.41) is 11.9. The average Bonchev–Trinajstić information content (AvgIpc) is 3.22. The van der Waals surface area contributed by atoms with Crippen LogP contribution >= 0.6 is 23.1 Å². The van der Waals surface area contributed by atoms with Crippen LogP contribution in [0.4, 0.5) is 14.7 Å². The van der Waals surface area contributed by atoms with Crippen molar-refractivity contribution in [2.75, 3.05) is 25.1 Å². The van der Waals surface area contributed by atoms with E-state index in [0.717, 1.165) is 11.3 Å². The van der Waals surface area contributed by atoms with Crippen LogP contribution < -0.4 is 5.32 Å². The van der Waals surface area contributed by atoms with Crippen molar-refractivity contribution in [1.29, 1.82) is 0 Å². The summed E-state index contributed by atoms with van der Waals surface area (Å²) >= 11 is 2.40. The number of aliphatic hydroxyl groups is 1. The zero-order valence-corrected chi connectivity index (χ0v) is 17.6. The van der Waals surface area contributed by atoms with Gasteiger partial charge < -0.3 is 19.3 Å². The Morgan fingerprint density at radius 1 is 1.30 bits per heavy atom. The maximum Gasteiger partial charge on any atom is 0.515 e. The molecule has 0 saturated carbocycles. The summed E-state index contributed by atoms with van der Waals surface area (Å²) in [5.74, 6) is -0.943. The monoisotopic (exact) mass is 453 g/mol. The van der Waals surface area contributed by atoms with E-state index in [4.69, 9.17) is 14.2 Å². The first kappa shape index (κ1) is 21.9. The van der Waals surface area contributed by atoms with Gasteiger partial charge in [-0.05, 0) is 6.92 Å². The summed E-state index contributed by atoms with van der Waals surface area (Å²) < 4.78 is 15.0. The van der Waals surface area contributed by atoms with Gasteiger partial charge in [-0.2, -0.15) is 0 Å². The predicted molar refractivity (Wildman–Crippen MR) is 110 cm³/mol. The highest BCUT2D eigenvalue weighted by Gasteiger charge is 2.56. The number of hydrogen-bond donors (Lipinski definition) is 2. The minimum absolute atomic E-state index is 0.0151. The van der Waals surface area contributed by atoms with E-state index < -0.39 is 23.5 Å². The average molecular weight is 453 g/mol. The third-order valence-corrected chi connectivity index (χ3v) is 6.66. The fraction of sp³-hybridized carbons (Fsp3) is 0.333. The molecule has 3 heterocycles. The summed E-state index contributed by atoms with van der Waals surface area (Å²) in [6, 6.07) is 0. The smallest absolute Gasteiger partial charge is 0.445 e. The zero-order chi connectivity index (χ0) is 21.8. The molecule has 2 aliphatic rings. The van der Waals surface area contributed by atoms with E-state index >= 15 is 0 Å². The Balaban J connectivity index is 1.88. The van der Waals surface area contributed by atoms with Crippen LogP contribution in [-0.4, -0.2) is 58.3 Å². The van der Waals surface area contributed by atoms with Gasteiger partial charge in [-0.1, -0.05) is 48.4 Å². The number of nitrogens with zero attached hydrogens (tertiary/aromatic N) is 2. The molecule has 12 heteroatoms. The van der Waals surface area contributed by atoms with Crippen LogP contribution in [0.2, 0.25) is 0 Å². The van der Waals surface area contributed by atoms with Gasteiger partial charge in [0.1, 0.15) is 18.6 Å². The predicted octanol–water partition coefficient (Wildman–Crippen LogP) is 2.67. The summed E-state index contributed by atoms with van der Waals surface area (Å²) in [6.45, 7) is 8.32. The summed E-state index contributed by atoms with van der Waals surface area (Å²) in [4.78, 5) is 42.8. The lowest BCUT2D eigenvalue weighted by atomic mass is 10.00. The Labute approximate surface area is 180 Å². The van der Waals surface area contributed by atoms with Gasteiger partial charge in [0.25, 0.3) is 0 Å². The van der Waals surface area contributed by atoms with Crippen molar-refractivity contribution < 1.29 is 33.7 Å².